The number of nitrogens with one attached hydrogen (secondary N) is 1. The van der Waals surface area contributed by atoms with Crippen molar-refractivity contribution in [2.45, 2.75) is 18.9 Å². The van der Waals surface area contributed by atoms with Crippen molar-refractivity contribution in [3.05, 3.63) is 59.1 Å². The molecule has 0 aliphatic heterocycles. The Labute approximate surface area is 163 Å². The smallest absolute Gasteiger partial charge is 0.228 e. The fraction of sp³-hybridized carbons (Fsp3) is 0.235. The SMILES string of the molecule is O=C(C[C@H](c1ccsc1)n1cnnn1)NCCc1nc(-c2cccnc2)no1. The van der Waals surface area contributed by atoms with E-state index in [2.05, 4.69) is 36.0 Å². The fourth-order valence-corrected chi connectivity index (χ4v) is 3.37. The van der Waals surface area contributed by atoms with Crippen LogP contribution in [0.15, 0.2) is 52.2 Å². The standard InChI is InChI=1S/C17H16N8O2S/c26-15(8-14(13-4-7-28-10-13)25-11-20-23-24-25)19-6-3-16-21-17(22-27-16)12-2-1-5-18-9-12/h1-2,4-5,7,9-11,14H,3,6,8H2,(H,19,26)/t14-/m1/s1. The number of carbonyl (C=O) groups excluding carboxylic acids is 1. The first-order valence-electron chi connectivity index (χ1n) is 8.54. The van der Waals surface area contributed by atoms with Crippen molar-refractivity contribution in [3.63, 3.8) is 0 Å². The van der Waals surface area contributed by atoms with Gasteiger partial charge in [-0.25, -0.2) is 4.68 Å². The summed E-state index contributed by atoms with van der Waals surface area (Å²) in [6, 6.07) is 5.37. The monoisotopic (exact) mass is 396 g/mol. The lowest BCUT2D eigenvalue weighted by Gasteiger charge is -2.14. The molecular weight excluding hydrogens is 380 g/mol. The van der Waals surface area contributed by atoms with Crippen LogP contribution in [0.4, 0.5) is 0 Å². The van der Waals surface area contributed by atoms with Crippen LogP contribution in [-0.4, -0.2) is 47.8 Å². The van der Waals surface area contributed by atoms with Gasteiger partial charge in [-0.15, -0.1) is 5.10 Å². The van der Waals surface area contributed by atoms with E-state index in [1.54, 1.807) is 34.5 Å². The number of nitrogens with zero attached hydrogens (tertiary/aromatic N) is 7. The van der Waals surface area contributed by atoms with Crippen molar-refractivity contribution in [3.8, 4) is 11.4 Å². The van der Waals surface area contributed by atoms with Crippen molar-refractivity contribution in [1.29, 1.82) is 0 Å². The summed E-state index contributed by atoms with van der Waals surface area (Å²) in [5, 5.41) is 22.0. The van der Waals surface area contributed by atoms with Gasteiger partial charge in [0, 0.05) is 30.9 Å². The molecule has 4 rings (SSSR count). The van der Waals surface area contributed by atoms with Crippen LogP contribution in [0.5, 0.6) is 0 Å². The molecule has 0 aliphatic carbocycles. The molecule has 4 heterocycles. The highest BCUT2D eigenvalue weighted by molar-refractivity contribution is 7.08. The average Bonchev–Trinajstić information content (AvgIpc) is 3.49. The van der Waals surface area contributed by atoms with E-state index < -0.39 is 0 Å². The summed E-state index contributed by atoms with van der Waals surface area (Å²) in [5.41, 5.74) is 1.77. The Morgan fingerprint density at radius 3 is 3.07 bits per heavy atom. The van der Waals surface area contributed by atoms with Gasteiger partial charge in [0.15, 0.2) is 0 Å². The molecule has 4 aromatic rings. The molecule has 1 atom stereocenters. The molecule has 4 aromatic heterocycles. The summed E-state index contributed by atoms with van der Waals surface area (Å²) in [4.78, 5) is 20.7. The van der Waals surface area contributed by atoms with Gasteiger partial charge in [-0.05, 0) is 44.9 Å². The van der Waals surface area contributed by atoms with Crippen LogP contribution in [-0.2, 0) is 11.2 Å². The largest absolute Gasteiger partial charge is 0.356 e. The van der Waals surface area contributed by atoms with Crippen LogP contribution >= 0.6 is 11.3 Å². The normalized spacial score (nSPS) is 12.0. The molecule has 0 fully saturated rings. The summed E-state index contributed by atoms with van der Waals surface area (Å²) >= 11 is 1.56. The molecule has 10 nitrogen and oxygen atoms in total. The van der Waals surface area contributed by atoms with Gasteiger partial charge in [-0.3, -0.25) is 9.78 Å². The van der Waals surface area contributed by atoms with Crippen molar-refractivity contribution >= 4 is 17.2 Å². The van der Waals surface area contributed by atoms with E-state index in [9.17, 15) is 4.79 Å². The Balaban J connectivity index is 1.31. The molecular formula is C17H16N8O2S. The quantitative estimate of drug-likeness (QED) is 0.475. The van der Waals surface area contributed by atoms with Crippen molar-refractivity contribution in [1.82, 2.24) is 40.6 Å². The molecule has 0 aliphatic rings. The maximum atomic E-state index is 12.4. The number of carbonyl (C=O) groups is 1. The number of tetrazole rings is 1. The molecule has 28 heavy (non-hydrogen) atoms. The Bertz CT molecular complexity index is 967. The lowest BCUT2D eigenvalue weighted by atomic mass is 10.1. The Kier molecular flexibility index (Phi) is 5.43. The number of hydrogen-bond donors (Lipinski definition) is 1. The summed E-state index contributed by atoms with van der Waals surface area (Å²) in [5.74, 6) is 0.818. The van der Waals surface area contributed by atoms with Crippen LogP contribution in [0.1, 0.15) is 23.9 Å². The second kappa shape index (κ2) is 8.48. The molecule has 1 N–H and O–H groups in total. The van der Waals surface area contributed by atoms with Crippen molar-refractivity contribution in [2.24, 2.45) is 0 Å². The minimum atomic E-state index is -0.248. The van der Waals surface area contributed by atoms with Gasteiger partial charge in [-0.1, -0.05) is 5.16 Å². The van der Waals surface area contributed by atoms with Crippen molar-refractivity contribution < 1.29 is 9.32 Å². The van der Waals surface area contributed by atoms with E-state index in [0.29, 0.717) is 24.7 Å². The summed E-state index contributed by atoms with van der Waals surface area (Å²) in [6.45, 7) is 0.388. The summed E-state index contributed by atoms with van der Waals surface area (Å²) in [7, 11) is 0. The second-order valence-corrected chi connectivity index (χ2v) is 6.70. The van der Waals surface area contributed by atoms with Gasteiger partial charge >= 0.3 is 0 Å². The van der Waals surface area contributed by atoms with Gasteiger partial charge in [0.05, 0.1) is 12.5 Å². The number of aromatic nitrogens is 7. The highest BCUT2D eigenvalue weighted by atomic mass is 32.1. The van der Waals surface area contributed by atoms with E-state index in [1.807, 2.05) is 22.9 Å². The Morgan fingerprint density at radius 2 is 2.32 bits per heavy atom. The van der Waals surface area contributed by atoms with Crippen molar-refractivity contribution in [2.75, 3.05) is 6.54 Å². The average molecular weight is 396 g/mol. The predicted octanol–water partition coefficient (Wildman–Crippen LogP) is 1.52. The van der Waals surface area contributed by atoms with Crippen LogP contribution in [0.25, 0.3) is 11.4 Å². The van der Waals surface area contributed by atoms with E-state index in [1.165, 1.54) is 6.33 Å². The molecule has 1 amide bonds. The number of pyridine rings is 1. The van der Waals surface area contributed by atoms with Crippen LogP contribution in [0, 0.1) is 0 Å². The molecule has 0 aromatic carbocycles. The molecule has 11 heteroatoms. The summed E-state index contributed by atoms with van der Waals surface area (Å²) < 4.78 is 6.81. The first-order valence-corrected chi connectivity index (χ1v) is 9.48. The van der Waals surface area contributed by atoms with E-state index >= 15 is 0 Å². The number of rotatable bonds is 8. The zero-order chi connectivity index (χ0) is 19.2. The topological polar surface area (TPSA) is 125 Å². The minimum absolute atomic E-state index is 0.112. The van der Waals surface area contributed by atoms with Crippen LogP contribution < -0.4 is 5.32 Å². The van der Waals surface area contributed by atoms with Gasteiger partial charge in [0.25, 0.3) is 0 Å². The molecule has 0 unspecified atom stereocenters. The minimum Gasteiger partial charge on any atom is -0.356 e. The number of hydrogen-bond acceptors (Lipinski definition) is 9. The fourth-order valence-electron chi connectivity index (χ4n) is 2.67. The maximum absolute atomic E-state index is 12.4. The lowest BCUT2D eigenvalue weighted by Crippen LogP contribution is -2.29. The first-order chi connectivity index (χ1) is 13.8. The lowest BCUT2D eigenvalue weighted by molar-refractivity contribution is -0.121. The zero-order valence-electron chi connectivity index (χ0n) is 14.7. The molecule has 142 valence electrons. The molecule has 0 bridgehead atoms. The maximum Gasteiger partial charge on any atom is 0.228 e. The van der Waals surface area contributed by atoms with Gasteiger partial charge in [-0.2, -0.15) is 16.3 Å². The van der Waals surface area contributed by atoms with E-state index in [0.717, 1.165) is 11.1 Å². The van der Waals surface area contributed by atoms with Crippen LogP contribution in [0.2, 0.25) is 0 Å². The van der Waals surface area contributed by atoms with E-state index in [-0.39, 0.29) is 18.4 Å². The molecule has 0 spiro atoms. The third-order valence-corrected chi connectivity index (χ3v) is 4.74. The third-order valence-electron chi connectivity index (χ3n) is 4.04. The number of amides is 1. The molecule has 0 saturated heterocycles. The molecule has 0 saturated carbocycles. The third kappa shape index (κ3) is 4.26. The second-order valence-electron chi connectivity index (χ2n) is 5.92. The van der Waals surface area contributed by atoms with Gasteiger partial charge in [0.1, 0.15) is 6.33 Å². The highest BCUT2D eigenvalue weighted by Gasteiger charge is 2.19. The zero-order valence-corrected chi connectivity index (χ0v) is 15.5. The number of thiophene rings is 1. The summed E-state index contributed by atoms with van der Waals surface area (Å²) in [6.07, 6.45) is 5.52. The van der Waals surface area contributed by atoms with E-state index in [4.69, 9.17) is 4.52 Å². The highest BCUT2D eigenvalue weighted by Crippen LogP contribution is 2.23. The predicted molar refractivity (Wildman–Crippen MR) is 99.1 cm³/mol. The Hall–Kier alpha value is -3.47. The Morgan fingerprint density at radius 1 is 1.36 bits per heavy atom. The van der Waals surface area contributed by atoms with Crippen LogP contribution in [0.3, 0.4) is 0 Å². The molecule has 0 radical (unpaired) electrons. The van der Waals surface area contributed by atoms with Gasteiger partial charge in [0.2, 0.25) is 17.6 Å². The van der Waals surface area contributed by atoms with Gasteiger partial charge < -0.3 is 9.84 Å². The first kappa shape index (κ1) is 17.9.